The highest BCUT2D eigenvalue weighted by Crippen LogP contribution is 2.59. The maximum Gasteiger partial charge on any atom is 0.180 e. The summed E-state index contributed by atoms with van der Waals surface area (Å²) in [6, 6.07) is 9.11. The van der Waals surface area contributed by atoms with Crippen LogP contribution in [-0.4, -0.2) is 17.3 Å². The molecule has 0 saturated heterocycles. The zero-order valence-electron chi connectivity index (χ0n) is 22.4. The lowest BCUT2D eigenvalue weighted by atomic mass is 9.45. The molecule has 0 amide bonds. The topological polar surface area (TPSA) is 51.2 Å². The van der Waals surface area contributed by atoms with Gasteiger partial charge in [0, 0.05) is 5.56 Å². The van der Waals surface area contributed by atoms with Gasteiger partial charge in [-0.1, -0.05) is 78.3 Å². The molecular weight excluding hydrogens is 432 g/mol. The summed E-state index contributed by atoms with van der Waals surface area (Å²) in [6.07, 6.45) is 10.0. The van der Waals surface area contributed by atoms with Crippen LogP contribution >= 0.6 is 0 Å². The normalized spacial score (nSPS) is 27.6. The number of ketones is 3. The summed E-state index contributed by atoms with van der Waals surface area (Å²) in [5, 5.41) is 0. The number of benzene rings is 1. The predicted molar refractivity (Wildman–Crippen MR) is 143 cm³/mol. The van der Waals surface area contributed by atoms with Gasteiger partial charge in [-0.2, -0.15) is 0 Å². The zero-order chi connectivity index (χ0) is 26.0. The number of allylic oxidation sites excluding steroid dienone is 8. The molecule has 35 heavy (non-hydrogen) atoms. The lowest BCUT2D eigenvalue weighted by Gasteiger charge is -2.53. The smallest absolute Gasteiger partial charge is 0.180 e. The van der Waals surface area contributed by atoms with Crippen molar-refractivity contribution in [2.75, 3.05) is 0 Å². The van der Waals surface area contributed by atoms with Gasteiger partial charge in [0.05, 0.1) is 5.41 Å². The Hall–Kier alpha value is -2.81. The van der Waals surface area contributed by atoms with Crippen LogP contribution in [0.1, 0.15) is 84.5 Å². The molecule has 3 unspecified atom stereocenters. The number of fused-ring (bicyclic) bond motifs is 2. The fourth-order valence-corrected chi connectivity index (χ4v) is 5.72. The van der Waals surface area contributed by atoms with Crippen molar-refractivity contribution in [2.45, 2.75) is 74.1 Å². The first-order chi connectivity index (χ1) is 16.5. The molecule has 1 fully saturated rings. The molecule has 0 aromatic heterocycles. The minimum atomic E-state index is -1.34. The maximum atomic E-state index is 14.5. The molecule has 1 saturated carbocycles. The third kappa shape index (κ3) is 4.96. The highest BCUT2D eigenvalue weighted by Gasteiger charge is 2.66. The third-order valence-corrected chi connectivity index (χ3v) is 7.80. The Morgan fingerprint density at radius 3 is 2.09 bits per heavy atom. The Balaban J connectivity index is 2.32. The van der Waals surface area contributed by atoms with Crippen LogP contribution in [0, 0.1) is 22.7 Å². The Bertz CT molecular complexity index is 1120. The molecule has 0 radical (unpaired) electrons. The summed E-state index contributed by atoms with van der Waals surface area (Å²) in [5.74, 6) is -0.647. The number of rotatable bonds is 8. The van der Waals surface area contributed by atoms with Gasteiger partial charge in [-0.25, -0.2) is 0 Å². The quantitative estimate of drug-likeness (QED) is 0.222. The first kappa shape index (κ1) is 26.8. The lowest BCUT2D eigenvalue weighted by Crippen LogP contribution is -2.63. The van der Waals surface area contributed by atoms with Gasteiger partial charge in [-0.15, -0.1) is 0 Å². The summed E-state index contributed by atoms with van der Waals surface area (Å²) in [4.78, 5) is 42.9. The minimum Gasteiger partial charge on any atom is -0.297 e. The van der Waals surface area contributed by atoms with Crippen molar-refractivity contribution in [2.24, 2.45) is 22.7 Å². The van der Waals surface area contributed by atoms with E-state index < -0.39 is 10.8 Å². The van der Waals surface area contributed by atoms with Gasteiger partial charge in [-0.3, -0.25) is 14.4 Å². The van der Waals surface area contributed by atoms with E-state index >= 15 is 0 Å². The number of carbonyl (C=O) groups is 3. The third-order valence-electron chi connectivity index (χ3n) is 7.80. The van der Waals surface area contributed by atoms with Crippen molar-refractivity contribution < 1.29 is 14.4 Å². The van der Waals surface area contributed by atoms with E-state index in [0.29, 0.717) is 30.4 Å². The van der Waals surface area contributed by atoms with Crippen molar-refractivity contribution in [3.8, 4) is 0 Å². The van der Waals surface area contributed by atoms with Crippen LogP contribution < -0.4 is 0 Å². The van der Waals surface area contributed by atoms with Crippen LogP contribution in [0.3, 0.4) is 0 Å². The molecule has 1 aromatic rings. The van der Waals surface area contributed by atoms with E-state index in [-0.39, 0.29) is 29.2 Å². The number of Topliss-reactive ketones (excluding diaryl/α,β-unsaturated/α-hetero) is 3. The van der Waals surface area contributed by atoms with Crippen molar-refractivity contribution in [1.29, 1.82) is 0 Å². The lowest BCUT2D eigenvalue weighted by molar-refractivity contribution is -0.153. The summed E-state index contributed by atoms with van der Waals surface area (Å²) < 4.78 is 0. The van der Waals surface area contributed by atoms with Crippen LogP contribution in [0.25, 0.3) is 0 Å². The minimum absolute atomic E-state index is 0.0472. The second-order valence-corrected chi connectivity index (χ2v) is 11.2. The molecule has 3 heteroatoms. The van der Waals surface area contributed by atoms with E-state index in [1.807, 2.05) is 65.0 Å². The molecule has 186 valence electrons. The average Bonchev–Trinajstić information content (AvgIpc) is 2.81. The van der Waals surface area contributed by atoms with E-state index in [1.54, 1.807) is 18.2 Å². The van der Waals surface area contributed by atoms with Crippen molar-refractivity contribution >= 4 is 17.3 Å². The van der Waals surface area contributed by atoms with E-state index in [2.05, 4.69) is 19.9 Å². The van der Waals surface area contributed by atoms with E-state index in [1.165, 1.54) is 5.57 Å². The molecule has 4 atom stereocenters. The van der Waals surface area contributed by atoms with Gasteiger partial charge in [-0.05, 0) is 84.6 Å². The first-order valence-corrected chi connectivity index (χ1v) is 12.8. The van der Waals surface area contributed by atoms with Crippen LogP contribution in [0.15, 0.2) is 76.9 Å². The maximum absolute atomic E-state index is 14.5. The SMILES string of the molecule is CC(C)=CCC1=CC2(C(=O)c3ccccc3)C(=O)C(CC=C(C)C)(CC(CC=C(C)C)[C@H]2C)C1=O. The largest absolute Gasteiger partial charge is 0.297 e. The average molecular weight is 473 g/mol. The van der Waals surface area contributed by atoms with Gasteiger partial charge in [0.15, 0.2) is 17.3 Å². The molecule has 0 N–H and O–H groups in total. The molecule has 2 bridgehead atoms. The van der Waals surface area contributed by atoms with Gasteiger partial charge in [0.25, 0.3) is 0 Å². The summed E-state index contributed by atoms with van der Waals surface area (Å²) >= 11 is 0. The zero-order valence-corrected chi connectivity index (χ0v) is 22.4. The van der Waals surface area contributed by atoms with E-state index in [4.69, 9.17) is 0 Å². The highest BCUT2D eigenvalue weighted by molar-refractivity contribution is 6.28. The Morgan fingerprint density at radius 1 is 0.914 bits per heavy atom. The first-order valence-electron chi connectivity index (χ1n) is 12.8. The Kier molecular flexibility index (Phi) is 7.99. The van der Waals surface area contributed by atoms with Crippen molar-refractivity contribution in [3.05, 3.63) is 82.5 Å². The monoisotopic (exact) mass is 472 g/mol. The van der Waals surface area contributed by atoms with Crippen LogP contribution in [-0.2, 0) is 9.59 Å². The molecule has 3 nitrogen and oxygen atoms in total. The fourth-order valence-electron chi connectivity index (χ4n) is 5.72. The van der Waals surface area contributed by atoms with E-state index in [0.717, 1.165) is 17.6 Å². The Morgan fingerprint density at radius 2 is 1.51 bits per heavy atom. The summed E-state index contributed by atoms with van der Waals surface area (Å²) in [7, 11) is 0. The van der Waals surface area contributed by atoms with Crippen LogP contribution in [0.4, 0.5) is 0 Å². The van der Waals surface area contributed by atoms with Gasteiger partial charge in [0.2, 0.25) is 0 Å². The second-order valence-electron chi connectivity index (χ2n) is 11.2. The molecular formula is C32H40O3. The molecule has 0 spiro atoms. The number of hydrogen-bond donors (Lipinski definition) is 0. The summed E-state index contributed by atoms with van der Waals surface area (Å²) in [5.41, 5.74) is 1.97. The molecule has 0 aliphatic heterocycles. The fraction of sp³-hybridized carbons (Fsp3) is 0.469. The predicted octanol–water partition coefficient (Wildman–Crippen LogP) is 7.65. The molecule has 2 aliphatic carbocycles. The number of hydrogen-bond acceptors (Lipinski definition) is 3. The molecule has 2 aliphatic rings. The molecule has 1 aromatic carbocycles. The van der Waals surface area contributed by atoms with E-state index in [9.17, 15) is 14.4 Å². The molecule has 3 rings (SSSR count). The van der Waals surface area contributed by atoms with Crippen molar-refractivity contribution in [1.82, 2.24) is 0 Å². The van der Waals surface area contributed by atoms with Gasteiger partial charge < -0.3 is 0 Å². The summed E-state index contributed by atoms with van der Waals surface area (Å²) in [6.45, 7) is 14.1. The van der Waals surface area contributed by atoms with Crippen LogP contribution in [0.2, 0.25) is 0 Å². The number of carbonyl (C=O) groups excluding carboxylic acids is 3. The molecule has 0 heterocycles. The Labute approximate surface area is 211 Å². The standard InChI is InChI=1S/C32H40O3/c1-21(2)13-15-26-19-31(18-17-23(5)6)28(33)27(16-14-22(3)4)20-32(24(26)7,30(31)35)29(34)25-11-9-8-10-12-25/h8-14,17,20,24,26H,15-16,18-19H2,1-7H3/t24-,26?,31?,32?/m1/s1. The van der Waals surface area contributed by atoms with Crippen molar-refractivity contribution in [3.63, 3.8) is 0 Å². The second kappa shape index (κ2) is 10.4. The van der Waals surface area contributed by atoms with Crippen LogP contribution in [0.5, 0.6) is 0 Å². The van der Waals surface area contributed by atoms with Gasteiger partial charge >= 0.3 is 0 Å². The highest BCUT2D eigenvalue weighted by atomic mass is 16.2. The van der Waals surface area contributed by atoms with Gasteiger partial charge in [0.1, 0.15) is 5.41 Å².